The number of amides is 1. The van der Waals surface area contributed by atoms with Gasteiger partial charge < -0.3 is 9.88 Å². The third-order valence-corrected chi connectivity index (χ3v) is 6.73. The maximum absolute atomic E-state index is 14.6. The number of nitrogens with one attached hydrogen (secondary N) is 1. The van der Waals surface area contributed by atoms with Crippen molar-refractivity contribution in [3.63, 3.8) is 0 Å². The summed E-state index contributed by atoms with van der Waals surface area (Å²) in [5, 5.41) is 13.3. The third kappa shape index (κ3) is 3.96. The molecule has 162 valence electrons. The summed E-state index contributed by atoms with van der Waals surface area (Å²) in [6.07, 6.45) is 4.24. The molecule has 0 aliphatic carbocycles. The monoisotopic (exact) mass is 446 g/mol. The van der Waals surface area contributed by atoms with Gasteiger partial charge in [-0.3, -0.25) is 4.79 Å². The van der Waals surface area contributed by atoms with Crippen LogP contribution in [-0.2, 0) is 13.0 Å². The molecule has 7 heteroatoms. The fraction of sp³-hybridized carbons (Fsp3) is 0.240. The van der Waals surface area contributed by atoms with Crippen LogP contribution >= 0.6 is 11.3 Å². The fourth-order valence-corrected chi connectivity index (χ4v) is 4.89. The fourth-order valence-electron chi connectivity index (χ4n) is 4.08. The molecule has 4 aromatic rings. The first-order chi connectivity index (χ1) is 15.6. The smallest absolute Gasteiger partial charge is 0.266 e. The average molecular weight is 447 g/mol. The number of fused-ring (bicyclic) bond motifs is 1. The summed E-state index contributed by atoms with van der Waals surface area (Å²) in [5.41, 5.74) is 3.84. The Kier molecular flexibility index (Phi) is 5.57. The molecule has 0 spiro atoms. The Morgan fingerprint density at radius 3 is 2.69 bits per heavy atom. The summed E-state index contributed by atoms with van der Waals surface area (Å²) < 4.78 is 16.7. The van der Waals surface area contributed by atoms with Gasteiger partial charge in [0.05, 0.1) is 10.6 Å². The molecular formula is C25H23FN4OS. The van der Waals surface area contributed by atoms with Crippen molar-refractivity contribution in [2.45, 2.75) is 39.2 Å². The molecule has 0 radical (unpaired) electrons. The van der Waals surface area contributed by atoms with Crippen LogP contribution in [0.1, 0.15) is 40.3 Å². The minimum absolute atomic E-state index is 0.140. The molecule has 0 saturated carbocycles. The molecule has 1 aliphatic heterocycles. The summed E-state index contributed by atoms with van der Waals surface area (Å²) >= 11 is 1.34. The van der Waals surface area contributed by atoms with Gasteiger partial charge in [-0.25, -0.2) is 4.39 Å². The molecular weight excluding hydrogens is 423 g/mol. The zero-order chi connectivity index (χ0) is 22.1. The van der Waals surface area contributed by atoms with Crippen molar-refractivity contribution in [2.75, 3.05) is 5.32 Å². The zero-order valence-corrected chi connectivity index (χ0v) is 18.6. The van der Waals surface area contributed by atoms with E-state index in [2.05, 4.69) is 20.1 Å². The van der Waals surface area contributed by atoms with E-state index < -0.39 is 5.82 Å². The van der Waals surface area contributed by atoms with Crippen molar-refractivity contribution in [3.8, 4) is 22.5 Å². The lowest BCUT2D eigenvalue weighted by Gasteiger charge is -2.11. The SMILES string of the molecule is Cc1ccc(-c2ccsc2C(=O)Nc2cc(-c3nnc4n3CCCCC4)ccc2F)cc1. The van der Waals surface area contributed by atoms with E-state index >= 15 is 0 Å². The van der Waals surface area contributed by atoms with Crippen molar-refractivity contribution in [1.29, 1.82) is 0 Å². The second-order valence-corrected chi connectivity index (χ2v) is 9.00. The van der Waals surface area contributed by atoms with Crippen LogP contribution in [0.3, 0.4) is 0 Å². The topological polar surface area (TPSA) is 59.8 Å². The maximum atomic E-state index is 14.6. The molecule has 2 aromatic heterocycles. The second-order valence-electron chi connectivity index (χ2n) is 8.08. The molecule has 3 heterocycles. The van der Waals surface area contributed by atoms with Crippen molar-refractivity contribution >= 4 is 22.9 Å². The lowest BCUT2D eigenvalue weighted by Crippen LogP contribution is -2.13. The predicted molar refractivity (Wildman–Crippen MR) is 125 cm³/mol. The highest BCUT2D eigenvalue weighted by molar-refractivity contribution is 7.12. The number of aromatic nitrogens is 3. The van der Waals surface area contributed by atoms with Crippen LogP contribution < -0.4 is 5.32 Å². The highest BCUT2D eigenvalue weighted by Crippen LogP contribution is 2.31. The van der Waals surface area contributed by atoms with E-state index in [0.29, 0.717) is 10.7 Å². The zero-order valence-electron chi connectivity index (χ0n) is 17.8. The van der Waals surface area contributed by atoms with Crippen LogP contribution in [0.4, 0.5) is 10.1 Å². The van der Waals surface area contributed by atoms with Gasteiger partial charge in [-0.15, -0.1) is 21.5 Å². The molecule has 0 unspecified atom stereocenters. The molecule has 1 amide bonds. The Bertz CT molecular complexity index is 1280. The number of thiophene rings is 1. The van der Waals surface area contributed by atoms with Crippen LogP contribution in [0.25, 0.3) is 22.5 Å². The second kappa shape index (κ2) is 8.67. The quantitative estimate of drug-likeness (QED) is 0.412. The van der Waals surface area contributed by atoms with Gasteiger partial charge in [0, 0.05) is 24.1 Å². The van der Waals surface area contributed by atoms with Gasteiger partial charge in [-0.05, 0) is 55.0 Å². The van der Waals surface area contributed by atoms with Crippen molar-refractivity contribution in [2.24, 2.45) is 0 Å². The Morgan fingerprint density at radius 1 is 1.03 bits per heavy atom. The van der Waals surface area contributed by atoms with Gasteiger partial charge in [0.2, 0.25) is 0 Å². The number of carbonyl (C=O) groups is 1. The molecule has 1 aliphatic rings. The number of halogens is 1. The van der Waals surface area contributed by atoms with E-state index in [9.17, 15) is 9.18 Å². The van der Waals surface area contributed by atoms with E-state index in [0.717, 1.165) is 60.3 Å². The van der Waals surface area contributed by atoms with Gasteiger partial charge >= 0.3 is 0 Å². The van der Waals surface area contributed by atoms with Crippen LogP contribution in [-0.4, -0.2) is 20.7 Å². The first kappa shape index (κ1) is 20.6. The van der Waals surface area contributed by atoms with Gasteiger partial charge in [-0.2, -0.15) is 0 Å². The number of rotatable bonds is 4. The Morgan fingerprint density at radius 2 is 1.84 bits per heavy atom. The average Bonchev–Trinajstić information content (AvgIpc) is 3.38. The van der Waals surface area contributed by atoms with E-state index in [1.165, 1.54) is 17.4 Å². The summed E-state index contributed by atoms with van der Waals surface area (Å²) in [7, 11) is 0. The van der Waals surface area contributed by atoms with Gasteiger partial charge in [0.25, 0.3) is 5.91 Å². The van der Waals surface area contributed by atoms with Crippen LogP contribution in [0.5, 0.6) is 0 Å². The normalized spacial score (nSPS) is 13.4. The summed E-state index contributed by atoms with van der Waals surface area (Å²) in [6.45, 7) is 2.88. The molecule has 0 atom stereocenters. The number of nitrogens with zero attached hydrogens (tertiary/aromatic N) is 3. The lowest BCUT2D eigenvalue weighted by atomic mass is 10.0. The largest absolute Gasteiger partial charge is 0.319 e. The minimum atomic E-state index is -0.480. The third-order valence-electron chi connectivity index (χ3n) is 5.82. The Labute approximate surface area is 189 Å². The first-order valence-electron chi connectivity index (χ1n) is 10.8. The highest BCUT2D eigenvalue weighted by atomic mass is 32.1. The summed E-state index contributed by atoms with van der Waals surface area (Å²) in [5.74, 6) is 0.875. The van der Waals surface area contributed by atoms with Gasteiger partial charge in [-0.1, -0.05) is 36.2 Å². The predicted octanol–water partition coefficient (Wildman–Crippen LogP) is 6.10. The first-order valence-corrected chi connectivity index (χ1v) is 11.7. The number of anilines is 1. The van der Waals surface area contributed by atoms with E-state index in [-0.39, 0.29) is 11.6 Å². The minimum Gasteiger partial charge on any atom is -0.319 e. The van der Waals surface area contributed by atoms with Crippen molar-refractivity contribution < 1.29 is 9.18 Å². The highest BCUT2D eigenvalue weighted by Gasteiger charge is 2.19. The number of aryl methyl sites for hydroxylation is 2. The van der Waals surface area contributed by atoms with E-state index in [4.69, 9.17) is 0 Å². The molecule has 32 heavy (non-hydrogen) atoms. The van der Waals surface area contributed by atoms with Crippen LogP contribution in [0, 0.1) is 12.7 Å². The van der Waals surface area contributed by atoms with Gasteiger partial charge in [0.1, 0.15) is 11.6 Å². The lowest BCUT2D eigenvalue weighted by molar-refractivity contribution is 0.103. The van der Waals surface area contributed by atoms with E-state index in [1.54, 1.807) is 12.1 Å². The number of hydrogen-bond acceptors (Lipinski definition) is 4. The van der Waals surface area contributed by atoms with E-state index in [1.807, 2.05) is 42.6 Å². The number of carbonyl (C=O) groups excluding carboxylic acids is 1. The van der Waals surface area contributed by atoms with Crippen molar-refractivity contribution in [3.05, 3.63) is 76.0 Å². The summed E-state index contributed by atoms with van der Waals surface area (Å²) in [4.78, 5) is 13.6. The molecule has 0 fully saturated rings. The molecule has 2 aromatic carbocycles. The van der Waals surface area contributed by atoms with Crippen LogP contribution in [0.15, 0.2) is 53.9 Å². The molecule has 0 saturated heterocycles. The maximum Gasteiger partial charge on any atom is 0.266 e. The summed E-state index contributed by atoms with van der Waals surface area (Å²) in [6, 6.07) is 14.6. The Hall–Kier alpha value is -3.32. The molecule has 0 bridgehead atoms. The molecule has 1 N–H and O–H groups in total. The van der Waals surface area contributed by atoms with Crippen LogP contribution in [0.2, 0.25) is 0 Å². The molecule has 5 rings (SSSR count). The molecule has 5 nitrogen and oxygen atoms in total. The number of hydrogen-bond donors (Lipinski definition) is 1. The van der Waals surface area contributed by atoms with Gasteiger partial charge in [0.15, 0.2) is 5.82 Å². The van der Waals surface area contributed by atoms with Crippen molar-refractivity contribution in [1.82, 2.24) is 14.8 Å². The number of benzene rings is 2. The Balaban J connectivity index is 1.44. The standard InChI is InChI=1S/C25H23FN4OS/c1-16-6-8-17(9-7-16)19-12-14-32-23(19)25(31)27-21-15-18(10-11-20(21)26)24-29-28-22-5-3-2-4-13-30(22)24/h6-12,14-15H,2-5,13H2,1H3,(H,27,31).